The zero-order valence-corrected chi connectivity index (χ0v) is 15.0. The van der Waals surface area contributed by atoms with Gasteiger partial charge in [0, 0.05) is 19.3 Å². The number of aromatic nitrogens is 1. The van der Waals surface area contributed by atoms with Crippen molar-refractivity contribution in [2.45, 2.75) is 31.9 Å². The van der Waals surface area contributed by atoms with Crippen LogP contribution >= 0.6 is 0 Å². The Morgan fingerprint density at radius 3 is 2.44 bits per heavy atom. The topological polar surface area (TPSA) is 117 Å². The summed E-state index contributed by atoms with van der Waals surface area (Å²) >= 11 is 0. The predicted octanol–water partition coefficient (Wildman–Crippen LogP) is 1.09. The second-order valence-electron chi connectivity index (χ2n) is 6.08. The number of carbonyl (C=O) groups excluding carboxylic acids is 2. The number of carbonyl (C=O) groups is 2. The normalized spacial score (nSPS) is 12.9. The van der Waals surface area contributed by atoms with Crippen LogP contribution in [0.1, 0.15) is 30.4 Å². The monoisotopic (exact) mass is 374 g/mol. The first-order valence-corrected chi connectivity index (χ1v) is 8.60. The van der Waals surface area contributed by atoms with Crippen LogP contribution in [0.3, 0.4) is 0 Å². The largest absolute Gasteiger partial charge is 0.384 e. The third-order valence-electron chi connectivity index (χ3n) is 4.07. The van der Waals surface area contributed by atoms with Crippen LogP contribution in [0.25, 0.3) is 0 Å². The lowest BCUT2D eigenvalue weighted by molar-refractivity contribution is -0.129. The van der Waals surface area contributed by atoms with E-state index in [9.17, 15) is 19.1 Å². The Labute approximate surface area is 156 Å². The van der Waals surface area contributed by atoms with Crippen molar-refractivity contribution >= 4 is 17.6 Å². The number of nitrogen functional groups attached to an aromatic ring is 1. The van der Waals surface area contributed by atoms with E-state index in [1.807, 2.05) is 0 Å². The zero-order valence-electron chi connectivity index (χ0n) is 15.0. The molecule has 8 heteroatoms. The molecule has 144 valence electrons. The molecule has 2 atom stereocenters. The van der Waals surface area contributed by atoms with Crippen molar-refractivity contribution in [2.75, 3.05) is 12.3 Å². The quantitative estimate of drug-likeness (QED) is 0.552. The standard InChI is InChI=1S/C19H23FN4O3/c1-2-16(25)19(27)24-11-15(13-4-6-14(20)7-5-13)18(26)23-10-12-3-8-17(21)22-9-12/h3-9,15-16,25H,2,10-11H2,1H3,(H2,21,22)(H,23,26)(H,24,27)/t15-,16+/m0/s1. The van der Waals surface area contributed by atoms with Crippen LogP contribution in [0.4, 0.5) is 10.2 Å². The molecule has 2 rings (SSSR count). The summed E-state index contributed by atoms with van der Waals surface area (Å²) in [7, 11) is 0. The van der Waals surface area contributed by atoms with Gasteiger partial charge in [-0.15, -0.1) is 0 Å². The molecule has 2 amide bonds. The number of nitrogens with zero attached hydrogens (tertiary/aromatic N) is 1. The molecule has 0 aliphatic carbocycles. The summed E-state index contributed by atoms with van der Waals surface area (Å²) in [5.74, 6) is -1.67. The van der Waals surface area contributed by atoms with Gasteiger partial charge in [-0.05, 0) is 35.7 Å². The summed E-state index contributed by atoms with van der Waals surface area (Å²) in [6.07, 6.45) is 0.688. The molecule has 7 nitrogen and oxygen atoms in total. The fourth-order valence-corrected chi connectivity index (χ4v) is 2.42. The third kappa shape index (κ3) is 6.03. The second kappa shape index (κ2) is 9.63. The van der Waals surface area contributed by atoms with Gasteiger partial charge in [0.1, 0.15) is 17.7 Å². The second-order valence-corrected chi connectivity index (χ2v) is 6.08. The van der Waals surface area contributed by atoms with E-state index in [2.05, 4.69) is 15.6 Å². The first kappa shape index (κ1) is 20.3. The van der Waals surface area contributed by atoms with Gasteiger partial charge in [0.2, 0.25) is 11.8 Å². The number of aliphatic hydroxyl groups is 1. The van der Waals surface area contributed by atoms with E-state index in [-0.39, 0.29) is 25.4 Å². The van der Waals surface area contributed by atoms with Crippen molar-refractivity contribution in [2.24, 2.45) is 0 Å². The minimum atomic E-state index is -1.14. The number of amides is 2. The highest BCUT2D eigenvalue weighted by Gasteiger charge is 2.23. The van der Waals surface area contributed by atoms with Crippen LogP contribution in [0, 0.1) is 5.82 Å². The first-order chi connectivity index (χ1) is 12.9. The molecule has 2 aromatic rings. The van der Waals surface area contributed by atoms with Crippen molar-refractivity contribution in [1.82, 2.24) is 15.6 Å². The number of hydrogen-bond acceptors (Lipinski definition) is 5. The number of halogens is 1. The van der Waals surface area contributed by atoms with Gasteiger partial charge >= 0.3 is 0 Å². The van der Waals surface area contributed by atoms with E-state index in [4.69, 9.17) is 5.73 Å². The van der Waals surface area contributed by atoms with Gasteiger partial charge in [-0.1, -0.05) is 25.1 Å². The molecular formula is C19H23FN4O3. The Bertz CT molecular complexity index is 766. The lowest BCUT2D eigenvalue weighted by atomic mass is 9.97. The van der Waals surface area contributed by atoms with Crippen molar-refractivity contribution in [3.05, 3.63) is 59.5 Å². The van der Waals surface area contributed by atoms with Crippen LogP contribution in [0.15, 0.2) is 42.6 Å². The van der Waals surface area contributed by atoms with Crippen molar-refractivity contribution in [3.8, 4) is 0 Å². The van der Waals surface area contributed by atoms with E-state index < -0.39 is 23.7 Å². The Kier molecular flexibility index (Phi) is 7.25. The predicted molar refractivity (Wildman–Crippen MR) is 98.9 cm³/mol. The van der Waals surface area contributed by atoms with E-state index >= 15 is 0 Å². The molecular weight excluding hydrogens is 351 g/mol. The molecule has 0 saturated heterocycles. The van der Waals surface area contributed by atoms with Crippen LogP contribution < -0.4 is 16.4 Å². The van der Waals surface area contributed by atoms with Crippen molar-refractivity contribution in [3.63, 3.8) is 0 Å². The Balaban J connectivity index is 2.07. The Morgan fingerprint density at radius 2 is 1.85 bits per heavy atom. The lowest BCUT2D eigenvalue weighted by Crippen LogP contribution is -2.41. The number of aliphatic hydroxyl groups excluding tert-OH is 1. The summed E-state index contributed by atoms with van der Waals surface area (Å²) in [5, 5.41) is 14.9. The molecule has 0 spiro atoms. The zero-order chi connectivity index (χ0) is 19.8. The molecule has 1 heterocycles. The minimum absolute atomic E-state index is 0.0205. The van der Waals surface area contributed by atoms with Gasteiger partial charge in [-0.25, -0.2) is 9.37 Å². The molecule has 0 fully saturated rings. The van der Waals surface area contributed by atoms with Gasteiger partial charge in [0.05, 0.1) is 5.92 Å². The molecule has 0 saturated carbocycles. The van der Waals surface area contributed by atoms with E-state index in [0.29, 0.717) is 11.4 Å². The Hall–Kier alpha value is -3.00. The fourth-order valence-electron chi connectivity index (χ4n) is 2.42. The summed E-state index contributed by atoms with van der Waals surface area (Å²) in [6.45, 7) is 1.89. The molecule has 0 aliphatic heterocycles. The average molecular weight is 374 g/mol. The summed E-state index contributed by atoms with van der Waals surface area (Å²) < 4.78 is 13.2. The highest BCUT2D eigenvalue weighted by molar-refractivity contribution is 5.86. The summed E-state index contributed by atoms with van der Waals surface area (Å²) in [4.78, 5) is 28.4. The van der Waals surface area contributed by atoms with Gasteiger partial charge in [-0.3, -0.25) is 9.59 Å². The highest BCUT2D eigenvalue weighted by Crippen LogP contribution is 2.17. The van der Waals surface area contributed by atoms with Crippen LogP contribution in [0.5, 0.6) is 0 Å². The number of benzene rings is 1. The molecule has 0 unspecified atom stereocenters. The van der Waals surface area contributed by atoms with Crippen molar-refractivity contribution in [1.29, 1.82) is 0 Å². The average Bonchev–Trinajstić information content (AvgIpc) is 2.68. The number of pyridine rings is 1. The SMILES string of the molecule is CC[C@@H](O)C(=O)NC[C@H](C(=O)NCc1ccc(N)nc1)c1ccc(F)cc1. The van der Waals surface area contributed by atoms with Gasteiger partial charge < -0.3 is 21.5 Å². The molecule has 1 aromatic carbocycles. The van der Waals surface area contributed by atoms with Gasteiger partial charge in [0.25, 0.3) is 0 Å². The molecule has 0 aliphatic rings. The van der Waals surface area contributed by atoms with E-state index in [1.165, 1.54) is 24.3 Å². The van der Waals surface area contributed by atoms with Gasteiger partial charge in [-0.2, -0.15) is 0 Å². The number of anilines is 1. The maximum absolute atomic E-state index is 13.2. The molecule has 0 bridgehead atoms. The minimum Gasteiger partial charge on any atom is -0.384 e. The number of nitrogens with one attached hydrogen (secondary N) is 2. The molecule has 0 radical (unpaired) electrons. The first-order valence-electron chi connectivity index (χ1n) is 8.60. The van der Waals surface area contributed by atoms with E-state index in [1.54, 1.807) is 25.3 Å². The Morgan fingerprint density at radius 1 is 1.15 bits per heavy atom. The molecule has 5 N–H and O–H groups in total. The van der Waals surface area contributed by atoms with Crippen molar-refractivity contribution < 1.29 is 19.1 Å². The smallest absolute Gasteiger partial charge is 0.248 e. The maximum atomic E-state index is 13.2. The number of hydrogen-bond donors (Lipinski definition) is 4. The van der Waals surface area contributed by atoms with Gasteiger partial charge in [0.15, 0.2) is 0 Å². The van der Waals surface area contributed by atoms with Crippen LogP contribution in [-0.4, -0.2) is 34.6 Å². The lowest BCUT2D eigenvalue weighted by Gasteiger charge is -2.19. The summed E-state index contributed by atoms with van der Waals surface area (Å²) in [5.41, 5.74) is 6.85. The van der Waals surface area contributed by atoms with Crippen LogP contribution in [-0.2, 0) is 16.1 Å². The number of rotatable bonds is 8. The summed E-state index contributed by atoms with van der Waals surface area (Å²) in [6, 6.07) is 8.87. The fraction of sp³-hybridized carbons (Fsp3) is 0.316. The maximum Gasteiger partial charge on any atom is 0.248 e. The number of nitrogens with two attached hydrogens (primary N) is 1. The highest BCUT2D eigenvalue weighted by atomic mass is 19.1. The van der Waals surface area contributed by atoms with E-state index in [0.717, 1.165) is 5.56 Å². The molecule has 27 heavy (non-hydrogen) atoms. The van der Waals surface area contributed by atoms with Crippen LogP contribution in [0.2, 0.25) is 0 Å². The third-order valence-corrected chi connectivity index (χ3v) is 4.07. The molecule has 1 aromatic heterocycles.